The molecule has 16 heavy (non-hydrogen) atoms. The Kier molecular flexibility index (Phi) is 2.17. The minimum Gasteiger partial charge on any atom is -0.302 e. The molecular formula is C12H12N2OS. The Bertz CT molecular complexity index is 557. The molecule has 1 aliphatic rings. The summed E-state index contributed by atoms with van der Waals surface area (Å²) in [5.41, 5.74) is 2.15. The highest BCUT2D eigenvalue weighted by atomic mass is 32.1. The normalized spacial score (nSPS) is 15.3. The highest BCUT2D eigenvalue weighted by Gasteiger charge is 2.30. The molecule has 1 aromatic carbocycles. The van der Waals surface area contributed by atoms with Crippen molar-refractivity contribution in [2.24, 2.45) is 5.92 Å². The quantitative estimate of drug-likeness (QED) is 0.865. The predicted molar refractivity (Wildman–Crippen MR) is 65.7 cm³/mol. The number of hydrogen-bond donors (Lipinski definition) is 1. The van der Waals surface area contributed by atoms with Gasteiger partial charge in [0.2, 0.25) is 5.91 Å². The fourth-order valence-corrected chi connectivity index (χ4v) is 2.64. The molecule has 0 unspecified atom stereocenters. The Morgan fingerprint density at radius 2 is 2.31 bits per heavy atom. The first kappa shape index (κ1) is 9.78. The molecule has 3 nitrogen and oxygen atoms in total. The molecule has 0 saturated heterocycles. The molecule has 0 spiro atoms. The number of thiazole rings is 1. The van der Waals surface area contributed by atoms with Crippen LogP contribution in [0, 0.1) is 12.8 Å². The lowest BCUT2D eigenvalue weighted by molar-refractivity contribution is -0.117. The number of benzene rings is 1. The van der Waals surface area contributed by atoms with Crippen molar-refractivity contribution >= 4 is 32.6 Å². The van der Waals surface area contributed by atoms with E-state index in [1.54, 1.807) is 11.3 Å². The number of nitrogens with zero attached hydrogens (tertiary/aromatic N) is 1. The molecule has 1 aromatic heterocycles. The summed E-state index contributed by atoms with van der Waals surface area (Å²) >= 11 is 1.54. The van der Waals surface area contributed by atoms with E-state index < -0.39 is 0 Å². The number of nitrogens with one attached hydrogen (secondary N) is 1. The molecule has 82 valence electrons. The van der Waals surface area contributed by atoms with Gasteiger partial charge < -0.3 is 5.32 Å². The van der Waals surface area contributed by atoms with E-state index in [2.05, 4.69) is 10.3 Å². The van der Waals surface area contributed by atoms with Crippen LogP contribution in [-0.2, 0) is 4.79 Å². The van der Waals surface area contributed by atoms with Crippen LogP contribution in [0.15, 0.2) is 18.2 Å². The lowest BCUT2D eigenvalue weighted by Gasteiger charge is -1.96. The van der Waals surface area contributed by atoms with Crippen molar-refractivity contribution in [3.63, 3.8) is 0 Å². The molecule has 1 fully saturated rings. The predicted octanol–water partition coefficient (Wildman–Crippen LogP) is 2.95. The summed E-state index contributed by atoms with van der Waals surface area (Å²) in [7, 11) is 0. The van der Waals surface area contributed by atoms with Crippen LogP contribution in [-0.4, -0.2) is 10.9 Å². The van der Waals surface area contributed by atoms with Crippen molar-refractivity contribution in [1.82, 2.24) is 4.98 Å². The van der Waals surface area contributed by atoms with E-state index in [0.29, 0.717) is 0 Å². The van der Waals surface area contributed by atoms with Crippen LogP contribution in [0.2, 0.25) is 0 Å². The molecule has 1 saturated carbocycles. The minimum atomic E-state index is 0.122. The third kappa shape index (κ3) is 1.69. The first-order valence-electron chi connectivity index (χ1n) is 5.41. The summed E-state index contributed by atoms with van der Waals surface area (Å²) in [6.07, 6.45) is 2.05. The second-order valence-electron chi connectivity index (χ2n) is 4.20. The first-order chi connectivity index (χ1) is 7.74. The minimum absolute atomic E-state index is 0.122. The Morgan fingerprint density at radius 1 is 1.50 bits per heavy atom. The number of anilines is 1. The number of hydrogen-bond acceptors (Lipinski definition) is 3. The van der Waals surface area contributed by atoms with E-state index in [-0.39, 0.29) is 11.8 Å². The van der Waals surface area contributed by atoms with Crippen molar-refractivity contribution in [2.45, 2.75) is 19.8 Å². The average molecular weight is 232 g/mol. The number of rotatable bonds is 2. The number of para-hydroxylation sites is 1. The summed E-state index contributed by atoms with van der Waals surface area (Å²) in [5.74, 6) is 0.352. The van der Waals surface area contributed by atoms with Crippen LogP contribution in [0.25, 0.3) is 10.2 Å². The fraction of sp³-hybridized carbons (Fsp3) is 0.333. The summed E-state index contributed by atoms with van der Waals surface area (Å²) in [4.78, 5) is 16.0. The molecule has 0 radical (unpaired) electrons. The van der Waals surface area contributed by atoms with Crippen LogP contribution in [0.1, 0.15) is 18.4 Å². The van der Waals surface area contributed by atoms with Crippen LogP contribution < -0.4 is 5.32 Å². The van der Waals surface area contributed by atoms with E-state index in [1.165, 1.54) is 0 Å². The largest absolute Gasteiger partial charge is 0.302 e. The van der Waals surface area contributed by atoms with Gasteiger partial charge in [-0.25, -0.2) is 4.98 Å². The third-order valence-corrected chi connectivity index (χ3v) is 3.74. The number of fused-ring (bicyclic) bond motifs is 1. The number of carbonyl (C=O) groups excluding carboxylic acids is 1. The van der Waals surface area contributed by atoms with E-state index in [1.807, 2.05) is 25.1 Å². The fourth-order valence-electron chi connectivity index (χ4n) is 1.69. The van der Waals surface area contributed by atoms with Crippen LogP contribution >= 0.6 is 11.3 Å². The maximum atomic E-state index is 11.6. The Morgan fingerprint density at radius 3 is 3.00 bits per heavy atom. The van der Waals surface area contributed by atoms with E-state index >= 15 is 0 Å². The molecular weight excluding hydrogens is 220 g/mol. The van der Waals surface area contributed by atoms with Crippen LogP contribution in [0.3, 0.4) is 0 Å². The van der Waals surface area contributed by atoms with Crippen molar-refractivity contribution in [2.75, 3.05) is 5.32 Å². The maximum absolute atomic E-state index is 11.6. The zero-order chi connectivity index (χ0) is 11.1. The Balaban J connectivity index is 1.92. The summed E-state index contributed by atoms with van der Waals surface area (Å²) in [5, 5.41) is 3.61. The molecule has 3 rings (SSSR count). The third-order valence-electron chi connectivity index (χ3n) is 2.80. The highest BCUT2D eigenvalue weighted by molar-refractivity contribution is 7.22. The van der Waals surface area contributed by atoms with Gasteiger partial charge in [-0.15, -0.1) is 0 Å². The molecule has 0 atom stereocenters. The van der Waals surface area contributed by atoms with Crippen molar-refractivity contribution in [1.29, 1.82) is 0 Å². The zero-order valence-electron chi connectivity index (χ0n) is 8.99. The van der Waals surface area contributed by atoms with Gasteiger partial charge in [-0.05, 0) is 31.4 Å². The van der Waals surface area contributed by atoms with Gasteiger partial charge in [0.1, 0.15) is 0 Å². The van der Waals surface area contributed by atoms with Gasteiger partial charge in [-0.2, -0.15) is 0 Å². The molecule has 1 heterocycles. The summed E-state index contributed by atoms with van der Waals surface area (Å²) < 4.78 is 1.13. The topological polar surface area (TPSA) is 42.0 Å². The smallest absolute Gasteiger partial charge is 0.229 e. The van der Waals surface area contributed by atoms with Gasteiger partial charge in [-0.3, -0.25) is 4.79 Å². The molecule has 1 N–H and O–H groups in total. The van der Waals surface area contributed by atoms with Gasteiger partial charge >= 0.3 is 0 Å². The molecule has 0 aliphatic heterocycles. The molecule has 1 amide bonds. The van der Waals surface area contributed by atoms with Crippen molar-refractivity contribution < 1.29 is 4.79 Å². The zero-order valence-corrected chi connectivity index (χ0v) is 9.80. The number of aromatic nitrogens is 1. The maximum Gasteiger partial charge on any atom is 0.229 e. The number of amides is 1. The van der Waals surface area contributed by atoms with E-state index in [9.17, 15) is 4.79 Å². The second-order valence-corrected chi connectivity index (χ2v) is 5.23. The lowest BCUT2D eigenvalue weighted by atomic mass is 10.2. The van der Waals surface area contributed by atoms with Gasteiger partial charge in [-0.1, -0.05) is 23.5 Å². The van der Waals surface area contributed by atoms with E-state index in [0.717, 1.165) is 33.8 Å². The van der Waals surface area contributed by atoms with Crippen LogP contribution in [0.5, 0.6) is 0 Å². The monoisotopic (exact) mass is 232 g/mol. The van der Waals surface area contributed by atoms with Crippen molar-refractivity contribution in [3.8, 4) is 0 Å². The SMILES string of the molecule is Cc1cccc2sc(NC(=O)C3CC3)nc12. The molecule has 0 bridgehead atoms. The van der Waals surface area contributed by atoms with Crippen LogP contribution in [0.4, 0.5) is 5.13 Å². The van der Waals surface area contributed by atoms with Gasteiger partial charge in [0.15, 0.2) is 5.13 Å². The molecule has 1 aliphatic carbocycles. The van der Waals surface area contributed by atoms with Gasteiger partial charge in [0, 0.05) is 5.92 Å². The number of aryl methyl sites for hydroxylation is 1. The molecule has 2 aromatic rings. The molecule has 4 heteroatoms. The highest BCUT2D eigenvalue weighted by Crippen LogP contribution is 2.32. The second kappa shape index (κ2) is 3.56. The summed E-state index contributed by atoms with van der Waals surface area (Å²) in [6, 6.07) is 6.09. The summed E-state index contributed by atoms with van der Waals surface area (Å²) in [6.45, 7) is 2.04. The Labute approximate surface area is 97.5 Å². The van der Waals surface area contributed by atoms with Crippen molar-refractivity contribution in [3.05, 3.63) is 23.8 Å². The number of carbonyl (C=O) groups is 1. The van der Waals surface area contributed by atoms with Gasteiger partial charge in [0.05, 0.1) is 10.2 Å². The van der Waals surface area contributed by atoms with Gasteiger partial charge in [0.25, 0.3) is 0 Å². The first-order valence-corrected chi connectivity index (χ1v) is 6.23. The standard InChI is InChI=1S/C12H12N2OS/c1-7-3-2-4-9-10(7)13-12(16-9)14-11(15)8-5-6-8/h2-4,8H,5-6H2,1H3,(H,13,14,15). The average Bonchev–Trinajstić information content (AvgIpc) is 3.01. The lowest BCUT2D eigenvalue weighted by Crippen LogP contribution is -2.12. The Hall–Kier alpha value is -1.42. The van der Waals surface area contributed by atoms with E-state index in [4.69, 9.17) is 0 Å².